The molecular formula is C17H15N3O4. The molecule has 2 aromatic carbocycles. The molecule has 7 heteroatoms. The smallest absolute Gasteiger partial charge is 0.276 e. The maximum absolute atomic E-state index is 12.6. The highest BCUT2D eigenvalue weighted by molar-refractivity contribution is 6.11. The number of hydrogen-bond donors (Lipinski definition) is 2. The summed E-state index contributed by atoms with van der Waals surface area (Å²) in [5.41, 5.74) is 0.241. The Morgan fingerprint density at radius 1 is 1.21 bits per heavy atom. The zero-order valence-electron chi connectivity index (χ0n) is 13.1. The van der Waals surface area contributed by atoms with Gasteiger partial charge in [-0.3, -0.25) is 9.59 Å². The molecule has 2 N–H and O–H groups in total. The number of fused-ring (bicyclic) bond motifs is 1. The molecule has 0 unspecified atom stereocenters. The number of nitrogens with one attached hydrogen (secondary N) is 1. The first-order valence-corrected chi connectivity index (χ1v) is 7.15. The summed E-state index contributed by atoms with van der Waals surface area (Å²) in [5, 5.41) is 17.4. The molecule has 0 saturated carbocycles. The van der Waals surface area contributed by atoms with Crippen molar-refractivity contribution < 1.29 is 14.6 Å². The summed E-state index contributed by atoms with van der Waals surface area (Å²) in [4.78, 5) is 24.7. The number of hydrogen-bond acceptors (Lipinski definition) is 5. The van der Waals surface area contributed by atoms with Crippen LogP contribution < -0.4 is 15.6 Å². The number of aryl methyl sites for hydroxylation is 1. The minimum Gasteiger partial charge on any atom is -0.504 e. The van der Waals surface area contributed by atoms with E-state index >= 15 is 0 Å². The third-order valence-electron chi connectivity index (χ3n) is 3.61. The Morgan fingerprint density at radius 2 is 1.92 bits per heavy atom. The molecule has 0 radical (unpaired) electrons. The van der Waals surface area contributed by atoms with Crippen molar-refractivity contribution in [2.24, 2.45) is 7.05 Å². The van der Waals surface area contributed by atoms with Crippen LogP contribution in [0.15, 0.2) is 47.3 Å². The lowest BCUT2D eigenvalue weighted by molar-refractivity contribution is 0.102. The average Bonchev–Trinajstić information content (AvgIpc) is 2.58. The maximum atomic E-state index is 12.6. The van der Waals surface area contributed by atoms with Gasteiger partial charge in [0, 0.05) is 24.2 Å². The number of carbonyl (C=O) groups is 1. The number of aromatic hydroxyl groups is 1. The van der Waals surface area contributed by atoms with Crippen molar-refractivity contribution in [3.05, 3.63) is 58.5 Å². The fraction of sp³-hybridized carbons (Fsp3) is 0.118. The fourth-order valence-corrected chi connectivity index (χ4v) is 2.43. The molecular weight excluding hydrogens is 310 g/mol. The predicted octanol–water partition coefficient (Wildman–Crippen LogP) is 1.90. The van der Waals surface area contributed by atoms with E-state index in [2.05, 4.69) is 10.4 Å². The van der Waals surface area contributed by atoms with Crippen LogP contribution in [0, 0.1) is 0 Å². The van der Waals surface area contributed by atoms with Gasteiger partial charge in [-0.1, -0.05) is 18.2 Å². The summed E-state index contributed by atoms with van der Waals surface area (Å²) < 4.78 is 6.09. The number of phenols is 1. The molecule has 0 bridgehead atoms. The highest BCUT2D eigenvalue weighted by Gasteiger charge is 2.16. The van der Waals surface area contributed by atoms with Gasteiger partial charge in [0.25, 0.3) is 11.5 Å². The Bertz CT molecular complexity index is 995. The van der Waals surface area contributed by atoms with Gasteiger partial charge in [0.05, 0.1) is 12.5 Å². The molecule has 0 atom stereocenters. The van der Waals surface area contributed by atoms with Crippen LogP contribution in [0.5, 0.6) is 11.5 Å². The van der Waals surface area contributed by atoms with Gasteiger partial charge >= 0.3 is 0 Å². The summed E-state index contributed by atoms with van der Waals surface area (Å²) in [5.74, 6) is -0.265. The van der Waals surface area contributed by atoms with Crippen molar-refractivity contribution in [2.75, 3.05) is 12.4 Å². The van der Waals surface area contributed by atoms with Crippen molar-refractivity contribution in [2.45, 2.75) is 0 Å². The number of nitrogens with zero attached hydrogens (tertiary/aromatic N) is 2. The molecule has 0 spiro atoms. The Hall–Kier alpha value is -3.35. The molecule has 0 aliphatic carbocycles. The van der Waals surface area contributed by atoms with Gasteiger partial charge in [-0.15, -0.1) is 0 Å². The average molecular weight is 325 g/mol. The quantitative estimate of drug-likeness (QED) is 0.767. The van der Waals surface area contributed by atoms with E-state index in [1.54, 1.807) is 30.3 Å². The number of benzene rings is 2. The predicted molar refractivity (Wildman–Crippen MR) is 89.6 cm³/mol. The molecule has 1 heterocycles. The number of amides is 1. The van der Waals surface area contributed by atoms with Crippen LogP contribution >= 0.6 is 0 Å². The van der Waals surface area contributed by atoms with E-state index in [1.807, 2.05) is 0 Å². The number of aromatic nitrogens is 2. The van der Waals surface area contributed by atoms with Gasteiger partial charge in [0.15, 0.2) is 17.2 Å². The first-order valence-electron chi connectivity index (χ1n) is 7.15. The van der Waals surface area contributed by atoms with E-state index in [0.717, 1.165) is 4.68 Å². The minimum atomic E-state index is -0.480. The number of carbonyl (C=O) groups excluding carboxylic acids is 1. The Morgan fingerprint density at radius 3 is 2.58 bits per heavy atom. The van der Waals surface area contributed by atoms with Crippen LogP contribution in [0.1, 0.15) is 10.5 Å². The number of anilines is 1. The monoisotopic (exact) mass is 325 g/mol. The van der Waals surface area contributed by atoms with Crippen LogP contribution in [0.4, 0.5) is 5.69 Å². The SMILES string of the molecule is COc1ccc(NC(=O)c2nn(C)c(=O)c3ccccc23)cc1O. The molecule has 3 rings (SSSR count). The number of methoxy groups -OCH3 is 1. The molecule has 0 fully saturated rings. The van der Waals surface area contributed by atoms with Crippen molar-refractivity contribution >= 4 is 22.4 Å². The summed E-state index contributed by atoms with van der Waals surface area (Å²) >= 11 is 0. The van der Waals surface area contributed by atoms with E-state index in [-0.39, 0.29) is 17.0 Å². The molecule has 0 aliphatic heterocycles. The summed E-state index contributed by atoms with van der Waals surface area (Å²) in [6.45, 7) is 0. The summed E-state index contributed by atoms with van der Waals surface area (Å²) in [6, 6.07) is 11.3. The lowest BCUT2D eigenvalue weighted by atomic mass is 10.1. The standard InChI is InChI=1S/C17H15N3O4/c1-20-17(23)12-6-4-3-5-11(12)15(19-20)16(22)18-10-7-8-14(24-2)13(21)9-10/h3-9,21H,1-2H3,(H,18,22). The topological polar surface area (TPSA) is 93.5 Å². The highest BCUT2D eigenvalue weighted by atomic mass is 16.5. The van der Waals surface area contributed by atoms with Crippen LogP contribution in [-0.4, -0.2) is 27.9 Å². The molecule has 122 valence electrons. The molecule has 24 heavy (non-hydrogen) atoms. The van der Waals surface area contributed by atoms with Crippen LogP contribution in [0.25, 0.3) is 10.8 Å². The van der Waals surface area contributed by atoms with Crippen molar-refractivity contribution in [3.63, 3.8) is 0 Å². The summed E-state index contributed by atoms with van der Waals surface area (Å²) in [6.07, 6.45) is 0. The zero-order chi connectivity index (χ0) is 17.3. The van der Waals surface area contributed by atoms with Crippen LogP contribution in [0.2, 0.25) is 0 Å². The second-order valence-corrected chi connectivity index (χ2v) is 5.16. The van der Waals surface area contributed by atoms with Gasteiger partial charge in [0.1, 0.15) is 0 Å². The van der Waals surface area contributed by atoms with Gasteiger partial charge in [-0.2, -0.15) is 5.10 Å². The minimum absolute atomic E-state index is 0.0893. The van der Waals surface area contributed by atoms with Gasteiger partial charge in [-0.25, -0.2) is 4.68 Å². The molecule has 1 amide bonds. The number of ether oxygens (including phenoxy) is 1. The van der Waals surface area contributed by atoms with Crippen molar-refractivity contribution in [1.29, 1.82) is 0 Å². The van der Waals surface area contributed by atoms with Gasteiger partial charge in [-0.05, 0) is 18.2 Å². The van der Waals surface area contributed by atoms with E-state index in [9.17, 15) is 14.7 Å². The van der Waals surface area contributed by atoms with E-state index in [4.69, 9.17) is 4.74 Å². The number of phenolic OH excluding ortho intramolecular Hbond substituents is 1. The van der Waals surface area contributed by atoms with E-state index < -0.39 is 5.91 Å². The fourth-order valence-electron chi connectivity index (χ4n) is 2.43. The Labute approximate surface area is 137 Å². The van der Waals surface area contributed by atoms with E-state index in [0.29, 0.717) is 22.2 Å². The number of rotatable bonds is 3. The van der Waals surface area contributed by atoms with Crippen LogP contribution in [-0.2, 0) is 7.05 Å². The van der Waals surface area contributed by atoms with Crippen molar-refractivity contribution in [3.8, 4) is 11.5 Å². The lowest BCUT2D eigenvalue weighted by Crippen LogP contribution is -2.25. The third-order valence-corrected chi connectivity index (χ3v) is 3.61. The Balaban J connectivity index is 2.02. The molecule has 7 nitrogen and oxygen atoms in total. The largest absolute Gasteiger partial charge is 0.504 e. The normalized spacial score (nSPS) is 10.6. The lowest BCUT2D eigenvalue weighted by Gasteiger charge is -2.10. The third kappa shape index (κ3) is 2.67. The molecule has 0 saturated heterocycles. The zero-order valence-corrected chi connectivity index (χ0v) is 13.1. The van der Waals surface area contributed by atoms with Crippen LogP contribution in [0.3, 0.4) is 0 Å². The first kappa shape index (κ1) is 15.5. The molecule has 3 aromatic rings. The van der Waals surface area contributed by atoms with E-state index in [1.165, 1.54) is 26.3 Å². The van der Waals surface area contributed by atoms with Crippen molar-refractivity contribution in [1.82, 2.24) is 9.78 Å². The summed E-state index contributed by atoms with van der Waals surface area (Å²) in [7, 11) is 2.93. The van der Waals surface area contributed by atoms with Gasteiger partial charge < -0.3 is 15.2 Å². The second-order valence-electron chi connectivity index (χ2n) is 5.16. The maximum Gasteiger partial charge on any atom is 0.276 e. The Kier molecular flexibility index (Phi) is 3.91. The second kappa shape index (κ2) is 6.04. The first-order chi connectivity index (χ1) is 11.5. The molecule has 1 aromatic heterocycles. The van der Waals surface area contributed by atoms with Gasteiger partial charge in [0.2, 0.25) is 0 Å². The molecule has 0 aliphatic rings. The highest BCUT2D eigenvalue weighted by Crippen LogP contribution is 2.28.